The maximum atomic E-state index is 5.63. The molecule has 0 spiro atoms. The second-order valence-corrected chi connectivity index (χ2v) is 3.81. The number of rotatable bonds is 4. The molecule has 0 fully saturated rings. The SMILES string of the molecule is CCOC1=CCc2c(cccc2OCC)C1. The molecule has 1 aliphatic rings. The molecule has 0 N–H and O–H groups in total. The molecule has 0 saturated carbocycles. The van der Waals surface area contributed by atoms with Crippen LogP contribution >= 0.6 is 0 Å². The lowest BCUT2D eigenvalue weighted by molar-refractivity contribution is 0.220. The van der Waals surface area contributed by atoms with Crippen LogP contribution in [-0.2, 0) is 17.6 Å². The lowest BCUT2D eigenvalue weighted by Crippen LogP contribution is -2.08. The fourth-order valence-electron chi connectivity index (χ4n) is 2.07. The van der Waals surface area contributed by atoms with Crippen molar-refractivity contribution >= 4 is 0 Å². The van der Waals surface area contributed by atoms with Gasteiger partial charge in [0, 0.05) is 12.0 Å². The predicted molar refractivity (Wildman–Crippen MR) is 64.7 cm³/mol. The Balaban J connectivity index is 2.22. The van der Waals surface area contributed by atoms with Crippen molar-refractivity contribution in [3.63, 3.8) is 0 Å². The van der Waals surface area contributed by atoms with E-state index in [1.165, 1.54) is 11.1 Å². The minimum absolute atomic E-state index is 0.721. The first kappa shape index (κ1) is 11.1. The van der Waals surface area contributed by atoms with Crippen LogP contribution in [0.25, 0.3) is 0 Å². The van der Waals surface area contributed by atoms with Gasteiger partial charge in [0.1, 0.15) is 5.75 Å². The van der Waals surface area contributed by atoms with E-state index >= 15 is 0 Å². The number of allylic oxidation sites excluding steroid dienone is 2. The molecule has 2 heteroatoms. The monoisotopic (exact) mass is 218 g/mol. The summed E-state index contributed by atoms with van der Waals surface area (Å²) in [4.78, 5) is 0. The molecule has 1 aromatic carbocycles. The fourth-order valence-corrected chi connectivity index (χ4v) is 2.07. The number of benzene rings is 1. The maximum absolute atomic E-state index is 5.63. The van der Waals surface area contributed by atoms with Crippen molar-refractivity contribution in [2.45, 2.75) is 26.7 Å². The molecule has 0 heterocycles. The Labute approximate surface area is 96.9 Å². The number of hydrogen-bond donors (Lipinski definition) is 0. The van der Waals surface area contributed by atoms with Crippen LogP contribution in [0.1, 0.15) is 25.0 Å². The lowest BCUT2D eigenvalue weighted by atomic mass is 9.95. The van der Waals surface area contributed by atoms with Crippen molar-refractivity contribution in [3.05, 3.63) is 41.2 Å². The third kappa shape index (κ3) is 2.21. The van der Waals surface area contributed by atoms with E-state index in [2.05, 4.69) is 18.2 Å². The summed E-state index contributed by atoms with van der Waals surface area (Å²) >= 11 is 0. The molecular formula is C14H18O2. The standard InChI is InChI=1S/C14H18O2/c1-3-15-12-8-9-13-11(10-12)6-5-7-14(13)16-4-2/h5-8H,3-4,9-10H2,1-2H3. The zero-order valence-corrected chi connectivity index (χ0v) is 9.95. The van der Waals surface area contributed by atoms with E-state index in [4.69, 9.17) is 9.47 Å². The van der Waals surface area contributed by atoms with Gasteiger partial charge in [0.15, 0.2) is 0 Å². The third-order valence-electron chi connectivity index (χ3n) is 2.76. The van der Waals surface area contributed by atoms with E-state index in [1.807, 2.05) is 19.9 Å². The van der Waals surface area contributed by atoms with Gasteiger partial charge < -0.3 is 9.47 Å². The highest BCUT2D eigenvalue weighted by molar-refractivity contribution is 5.45. The van der Waals surface area contributed by atoms with Gasteiger partial charge in [-0.1, -0.05) is 12.1 Å². The smallest absolute Gasteiger partial charge is 0.123 e. The summed E-state index contributed by atoms with van der Waals surface area (Å²) in [6.07, 6.45) is 3.97. The molecule has 0 unspecified atom stereocenters. The predicted octanol–water partition coefficient (Wildman–Crippen LogP) is 3.10. The summed E-state index contributed by atoms with van der Waals surface area (Å²) in [5, 5.41) is 0. The highest BCUT2D eigenvalue weighted by Crippen LogP contribution is 2.29. The Hall–Kier alpha value is -1.44. The van der Waals surface area contributed by atoms with Crippen molar-refractivity contribution in [2.75, 3.05) is 13.2 Å². The van der Waals surface area contributed by atoms with Crippen LogP contribution in [-0.4, -0.2) is 13.2 Å². The van der Waals surface area contributed by atoms with Crippen LogP contribution in [0.5, 0.6) is 5.75 Å². The number of ether oxygens (including phenoxy) is 2. The Kier molecular flexibility index (Phi) is 3.50. The number of hydrogen-bond acceptors (Lipinski definition) is 2. The Morgan fingerprint density at radius 1 is 1.12 bits per heavy atom. The van der Waals surface area contributed by atoms with Gasteiger partial charge in [0.25, 0.3) is 0 Å². The molecule has 2 nitrogen and oxygen atoms in total. The molecule has 1 aliphatic carbocycles. The minimum atomic E-state index is 0.721. The highest BCUT2D eigenvalue weighted by Gasteiger charge is 2.15. The molecule has 0 aromatic heterocycles. The van der Waals surface area contributed by atoms with Crippen molar-refractivity contribution in [2.24, 2.45) is 0 Å². The zero-order chi connectivity index (χ0) is 11.4. The van der Waals surface area contributed by atoms with Crippen LogP contribution in [0.15, 0.2) is 30.0 Å². The van der Waals surface area contributed by atoms with E-state index in [9.17, 15) is 0 Å². The molecule has 2 rings (SSSR count). The minimum Gasteiger partial charge on any atom is -0.498 e. The average molecular weight is 218 g/mol. The molecule has 1 aromatic rings. The van der Waals surface area contributed by atoms with E-state index < -0.39 is 0 Å². The van der Waals surface area contributed by atoms with Crippen molar-refractivity contribution in [3.8, 4) is 5.75 Å². The van der Waals surface area contributed by atoms with Gasteiger partial charge in [0.05, 0.1) is 19.0 Å². The van der Waals surface area contributed by atoms with Crippen molar-refractivity contribution < 1.29 is 9.47 Å². The lowest BCUT2D eigenvalue weighted by Gasteiger charge is -2.19. The van der Waals surface area contributed by atoms with Crippen LogP contribution in [0.2, 0.25) is 0 Å². The molecule has 0 amide bonds. The van der Waals surface area contributed by atoms with E-state index in [1.54, 1.807) is 0 Å². The Bertz CT molecular complexity index is 394. The first-order valence-electron chi connectivity index (χ1n) is 5.90. The van der Waals surface area contributed by atoms with Gasteiger partial charge in [-0.05, 0) is 38.0 Å². The molecule has 0 atom stereocenters. The molecule has 0 saturated heterocycles. The second kappa shape index (κ2) is 5.06. The summed E-state index contributed by atoms with van der Waals surface area (Å²) in [6.45, 7) is 5.50. The van der Waals surface area contributed by atoms with E-state index in [0.29, 0.717) is 0 Å². The van der Waals surface area contributed by atoms with Gasteiger partial charge in [-0.25, -0.2) is 0 Å². The van der Waals surface area contributed by atoms with E-state index in [-0.39, 0.29) is 0 Å². The molecule has 0 aliphatic heterocycles. The topological polar surface area (TPSA) is 18.5 Å². The highest BCUT2D eigenvalue weighted by atomic mass is 16.5. The molecule has 0 bridgehead atoms. The zero-order valence-electron chi connectivity index (χ0n) is 9.95. The van der Waals surface area contributed by atoms with Crippen molar-refractivity contribution in [1.29, 1.82) is 0 Å². The summed E-state index contributed by atoms with van der Waals surface area (Å²) < 4.78 is 11.2. The molecule has 0 radical (unpaired) electrons. The third-order valence-corrected chi connectivity index (χ3v) is 2.76. The van der Waals surface area contributed by atoms with Crippen LogP contribution in [0, 0.1) is 0 Å². The first-order chi connectivity index (χ1) is 7.85. The molecule has 86 valence electrons. The normalized spacial score (nSPS) is 14.0. The van der Waals surface area contributed by atoms with Crippen LogP contribution < -0.4 is 4.74 Å². The van der Waals surface area contributed by atoms with E-state index in [0.717, 1.165) is 37.6 Å². The fraction of sp³-hybridized carbons (Fsp3) is 0.429. The summed E-state index contributed by atoms with van der Waals surface area (Å²) in [5.41, 5.74) is 2.64. The van der Waals surface area contributed by atoms with Crippen molar-refractivity contribution in [1.82, 2.24) is 0 Å². The second-order valence-electron chi connectivity index (χ2n) is 3.81. The average Bonchev–Trinajstić information content (AvgIpc) is 2.30. The molecular weight excluding hydrogens is 200 g/mol. The van der Waals surface area contributed by atoms with Crippen LogP contribution in [0.3, 0.4) is 0 Å². The van der Waals surface area contributed by atoms with Gasteiger partial charge in [0.2, 0.25) is 0 Å². The summed E-state index contributed by atoms with van der Waals surface area (Å²) in [7, 11) is 0. The first-order valence-corrected chi connectivity index (χ1v) is 5.90. The summed E-state index contributed by atoms with van der Waals surface area (Å²) in [6, 6.07) is 6.25. The molecule has 16 heavy (non-hydrogen) atoms. The largest absolute Gasteiger partial charge is 0.498 e. The Morgan fingerprint density at radius 2 is 1.94 bits per heavy atom. The number of fused-ring (bicyclic) bond motifs is 1. The van der Waals surface area contributed by atoms with Gasteiger partial charge in [-0.3, -0.25) is 0 Å². The quantitative estimate of drug-likeness (QED) is 0.773. The summed E-state index contributed by atoms with van der Waals surface area (Å²) in [5.74, 6) is 2.11. The Morgan fingerprint density at radius 3 is 2.69 bits per heavy atom. The van der Waals surface area contributed by atoms with Gasteiger partial charge >= 0.3 is 0 Å². The maximum Gasteiger partial charge on any atom is 0.123 e. The van der Waals surface area contributed by atoms with Gasteiger partial charge in [-0.2, -0.15) is 0 Å². The van der Waals surface area contributed by atoms with Crippen LogP contribution in [0.4, 0.5) is 0 Å². The van der Waals surface area contributed by atoms with Gasteiger partial charge in [-0.15, -0.1) is 0 Å².